The van der Waals surface area contributed by atoms with Crippen LogP contribution in [0.1, 0.15) is 15.9 Å². The molecule has 0 bridgehead atoms. The smallest absolute Gasteiger partial charge is 0.235 e. The van der Waals surface area contributed by atoms with E-state index in [0.717, 1.165) is 33.8 Å². The van der Waals surface area contributed by atoms with Gasteiger partial charge in [-0.1, -0.05) is 6.07 Å². The number of aromatic nitrogens is 3. The summed E-state index contributed by atoms with van der Waals surface area (Å²) < 4.78 is 7.51. The minimum Gasteiger partial charge on any atom is -0.508 e. The molecule has 2 N–H and O–H groups in total. The van der Waals surface area contributed by atoms with Gasteiger partial charge in [-0.2, -0.15) is 0 Å². The fourth-order valence-corrected chi connectivity index (χ4v) is 3.63. The zero-order valence-electron chi connectivity index (χ0n) is 15.3. The Morgan fingerprint density at radius 1 is 1.17 bits per heavy atom. The quantitative estimate of drug-likeness (QED) is 0.511. The highest BCUT2D eigenvalue weighted by molar-refractivity contribution is 6.17. The summed E-state index contributed by atoms with van der Waals surface area (Å²) in [5.41, 5.74) is 3.39. The number of carbonyl (C=O) groups excluding carboxylic acids is 1. The summed E-state index contributed by atoms with van der Waals surface area (Å²) in [5, 5.41) is 20.5. The highest BCUT2D eigenvalue weighted by Gasteiger charge is 2.31. The summed E-state index contributed by atoms with van der Waals surface area (Å²) in [7, 11) is 1.88. The van der Waals surface area contributed by atoms with Crippen molar-refractivity contribution in [2.75, 3.05) is 0 Å². The monoisotopic (exact) mass is 385 g/mol. The topological polar surface area (TPSA) is 97.5 Å². The van der Waals surface area contributed by atoms with E-state index in [1.54, 1.807) is 24.7 Å². The Labute approximate surface area is 165 Å². The van der Waals surface area contributed by atoms with Gasteiger partial charge < -0.3 is 19.5 Å². The van der Waals surface area contributed by atoms with E-state index >= 15 is 0 Å². The molecule has 0 saturated heterocycles. The number of ketones is 1. The van der Waals surface area contributed by atoms with Crippen molar-refractivity contribution < 1.29 is 19.7 Å². The first-order chi connectivity index (χ1) is 14.0. The number of nitrogens with zero attached hydrogens (tertiary/aromatic N) is 3. The van der Waals surface area contributed by atoms with Gasteiger partial charge in [0.25, 0.3) is 0 Å². The molecule has 29 heavy (non-hydrogen) atoms. The lowest BCUT2D eigenvalue weighted by Gasteiger charge is -2.05. The third kappa shape index (κ3) is 2.63. The van der Waals surface area contributed by atoms with E-state index in [9.17, 15) is 15.0 Å². The number of phenolic OH excluding ortho intramolecular Hbond substituents is 2. The maximum atomic E-state index is 12.8. The largest absolute Gasteiger partial charge is 0.508 e. The van der Waals surface area contributed by atoms with Crippen LogP contribution in [0.4, 0.5) is 0 Å². The minimum absolute atomic E-state index is 0.0416. The first-order valence-corrected chi connectivity index (χ1v) is 8.87. The Morgan fingerprint density at radius 2 is 2.03 bits per heavy atom. The number of rotatable bonds is 2. The van der Waals surface area contributed by atoms with Crippen molar-refractivity contribution in [1.29, 1.82) is 0 Å². The van der Waals surface area contributed by atoms with Crippen molar-refractivity contribution in [3.8, 4) is 28.4 Å². The van der Waals surface area contributed by atoms with E-state index in [1.807, 2.05) is 36.0 Å². The van der Waals surface area contributed by atoms with Crippen LogP contribution in [0.15, 0.2) is 60.9 Å². The second kappa shape index (κ2) is 6.20. The van der Waals surface area contributed by atoms with Crippen LogP contribution in [0.2, 0.25) is 0 Å². The second-order valence-corrected chi connectivity index (χ2v) is 6.77. The summed E-state index contributed by atoms with van der Waals surface area (Å²) in [6.07, 6.45) is 8.70. The molecule has 4 heterocycles. The second-order valence-electron chi connectivity index (χ2n) is 6.77. The van der Waals surface area contributed by atoms with Crippen LogP contribution in [0.3, 0.4) is 0 Å². The molecular weight excluding hydrogens is 370 g/mol. The molecule has 1 aliphatic rings. The van der Waals surface area contributed by atoms with Gasteiger partial charge in [-0.15, -0.1) is 0 Å². The number of aromatic hydroxyl groups is 2. The molecule has 1 aromatic carbocycles. The first kappa shape index (κ1) is 17.0. The van der Waals surface area contributed by atoms with Crippen LogP contribution in [0, 0.1) is 0 Å². The molecule has 7 nitrogen and oxygen atoms in total. The molecule has 0 spiro atoms. The van der Waals surface area contributed by atoms with Crippen LogP contribution in [0.25, 0.3) is 28.2 Å². The van der Waals surface area contributed by atoms with Crippen LogP contribution in [0.5, 0.6) is 17.2 Å². The van der Waals surface area contributed by atoms with Gasteiger partial charge in [0.2, 0.25) is 5.78 Å². The predicted octanol–water partition coefficient (Wildman–Crippen LogP) is 3.66. The molecule has 0 atom stereocenters. The average molecular weight is 385 g/mol. The third-order valence-electron chi connectivity index (χ3n) is 4.88. The SMILES string of the molecule is Cn1cc(/C=C2\Oc3cc(O)cc(O)c3C2=O)c2c(-c3cccnc3)ccnc21. The van der Waals surface area contributed by atoms with E-state index in [-0.39, 0.29) is 28.6 Å². The molecule has 7 heteroatoms. The van der Waals surface area contributed by atoms with E-state index < -0.39 is 5.78 Å². The third-order valence-corrected chi connectivity index (χ3v) is 4.88. The number of benzene rings is 1. The van der Waals surface area contributed by atoms with Crippen molar-refractivity contribution in [3.63, 3.8) is 0 Å². The van der Waals surface area contributed by atoms with Gasteiger partial charge in [-0.25, -0.2) is 4.98 Å². The standard InChI is InChI=1S/C22H15N3O4/c1-25-11-13(7-18-21(28)20-16(27)8-14(26)9-17(20)29-18)19-15(4-6-24-22(19)25)12-3-2-5-23-10-12/h2-11,26-27H,1H3/b18-7-. The maximum absolute atomic E-state index is 12.8. The van der Waals surface area contributed by atoms with Gasteiger partial charge in [-0.3, -0.25) is 9.78 Å². The number of phenols is 2. The summed E-state index contributed by atoms with van der Waals surface area (Å²) in [6, 6.07) is 8.14. The minimum atomic E-state index is -0.443. The molecular formula is C22H15N3O4. The molecule has 0 saturated carbocycles. The van der Waals surface area contributed by atoms with E-state index in [4.69, 9.17) is 4.74 Å². The first-order valence-electron chi connectivity index (χ1n) is 8.87. The van der Waals surface area contributed by atoms with Crippen molar-refractivity contribution in [3.05, 3.63) is 72.0 Å². The van der Waals surface area contributed by atoms with Crippen molar-refractivity contribution >= 4 is 22.9 Å². The van der Waals surface area contributed by atoms with Gasteiger partial charge in [0.1, 0.15) is 28.5 Å². The molecule has 1 aliphatic heterocycles. The van der Waals surface area contributed by atoms with Gasteiger partial charge >= 0.3 is 0 Å². The Bertz CT molecular complexity index is 1320. The number of ether oxygens (including phenoxy) is 1. The number of pyridine rings is 2. The fourth-order valence-electron chi connectivity index (χ4n) is 3.63. The van der Waals surface area contributed by atoms with Gasteiger partial charge in [-0.05, 0) is 23.8 Å². The van der Waals surface area contributed by atoms with E-state index in [1.165, 1.54) is 6.07 Å². The Balaban J connectivity index is 1.69. The summed E-state index contributed by atoms with van der Waals surface area (Å²) in [4.78, 5) is 21.4. The number of Topliss-reactive ketones (excluding diaryl/α,β-unsaturated/α-hetero) is 1. The molecule has 0 aliphatic carbocycles. The molecule has 0 amide bonds. The van der Waals surface area contributed by atoms with Crippen LogP contribution in [-0.4, -0.2) is 30.5 Å². The zero-order chi connectivity index (χ0) is 20.1. The van der Waals surface area contributed by atoms with Gasteiger partial charge in [0, 0.05) is 60.5 Å². The number of carbonyl (C=O) groups is 1. The van der Waals surface area contributed by atoms with Crippen molar-refractivity contribution in [1.82, 2.24) is 14.5 Å². The molecule has 0 unspecified atom stereocenters. The van der Waals surface area contributed by atoms with Gasteiger partial charge in [0.15, 0.2) is 5.76 Å². The van der Waals surface area contributed by atoms with Crippen LogP contribution < -0.4 is 4.74 Å². The molecule has 5 rings (SSSR count). The molecule has 0 radical (unpaired) electrons. The van der Waals surface area contributed by atoms with Crippen LogP contribution >= 0.6 is 0 Å². The zero-order valence-corrected chi connectivity index (χ0v) is 15.3. The normalized spacial score (nSPS) is 14.4. The summed E-state index contributed by atoms with van der Waals surface area (Å²) >= 11 is 0. The lowest BCUT2D eigenvalue weighted by atomic mass is 10.0. The molecule has 0 fully saturated rings. The molecule has 142 valence electrons. The van der Waals surface area contributed by atoms with E-state index in [2.05, 4.69) is 9.97 Å². The number of allylic oxidation sites excluding steroid dienone is 1. The van der Waals surface area contributed by atoms with E-state index in [0.29, 0.717) is 0 Å². The average Bonchev–Trinajstić information content (AvgIpc) is 3.19. The lowest BCUT2D eigenvalue weighted by molar-refractivity contribution is 0.101. The summed E-state index contributed by atoms with van der Waals surface area (Å²) in [5.74, 6) is -0.743. The Morgan fingerprint density at radius 3 is 2.83 bits per heavy atom. The van der Waals surface area contributed by atoms with Crippen molar-refractivity contribution in [2.24, 2.45) is 7.05 Å². The Kier molecular flexibility index (Phi) is 3.64. The maximum Gasteiger partial charge on any atom is 0.235 e. The number of hydrogen-bond donors (Lipinski definition) is 2. The summed E-state index contributed by atoms with van der Waals surface area (Å²) in [6.45, 7) is 0. The number of hydrogen-bond acceptors (Lipinski definition) is 6. The lowest BCUT2D eigenvalue weighted by Crippen LogP contribution is -1.98. The Hall–Kier alpha value is -4.13. The van der Waals surface area contributed by atoms with Crippen LogP contribution in [-0.2, 0) is 7.05 Å². The number of aryl methyl sites for hydroxylation is 1. The molecule has 4 aromatic rings. The number of fused-ring (bicyclic) bond motifs is 2. The highest BCUT2D eigenvalue weighted by atomic mass is 16.5. The van der Waals surface area contributed by atoms with Gasteiger partial charge in [0.05, 0.1) is 0 Å². The highest BCUT2D eigenvalue weighted by Crippen LogP contribution is 2.41. The predicted molar refractivity (Wildman–Crippen MR) is 107 cm³/mol. The van der Waals surface area contributed by atoms with Crippen molar-refractivity contribution in [2.45, 2.75) is 0 Å². The molecule has 3 aromatic heterocycles. The fraction of sp³-hybridized carbons (Fsp3) is 0.0455.